The summed E-state index contributed by atoms with van der Waals surface area (Å²) in [4.78, 5) is 18.4. The zero-order chi connectivity index (χ0) is 14.8. The number of carbonyl (C=O) groups excluding carboxylic acids is 1. The third-order valence-corrected chi connectivity index (χ3v) is 3.84. The number of fused-ring (bicyclic) bond motifs is 1. The fourth-order valence-electron chi connectivity index (χ4n) is 2.93. The number of nitrogens with zero attached hydrogens (tertiary/aromatic N) is 4. The van der Waals surface area contributed by atoms with Gasteiger partial charge in [0, 0.05) is 56.7 Å². The van der Waals surface area contributed by atoms with Gasteiger partial charge in [0.2, 0.25) is 0 Å². The van der Waals surface area contributed by atoms with E-state index in [1.165, 1.54) is 0 Å². The predicted molar refractivity (Wildman–Crippen MR) is 76.8 cm³/mol. The van der Waals surface area contributed by atoms with Crippen molar-refractivity contribution in [3.8, 4) is 0 Å². The molecule has 21 heavy (non-hydrogen) atoms. The van der Waals surface area contributed by atoms with Crippen molar-refractivity contribution in [3.63, 3.8) is 0 Å². The Bertz CT molecular complexity index is 638. The molecule has 0 unspecified atom stereocenters. The van der Waals surface area contributed by atoms with Gasteiger partial charge in [0.25, 0.3) is 5.91 Å². The van der Waals surface area contributed by atoms with Crippen LogP contribution < -0.4 is 0 Å². The van der Waals surface area contributed by atoms with Crippen LogP contribution in [0.4, 0.5) is 0 Å². The Hall–Kier alpha value is -2.21. The summed E-state index contributed by atoms with van der Waals surface area (Å²) in [7, 11) is 3.61. The van der Waals surface area contributed by atoms with Gasteiger partial charge in [0.15, 0.2) is 0 Å². The van der Waals surface area contributed by atoms with Crippen LogP contribution >= 0.6 is 0 Å². The molecule has 0 spiro atoms. The summed E-state index contributed by atoms with van der Waals surface area (Å²) in [5, 5.41) is 4.31. The monoisotopic (exact) mass is 286 g/mol. The number of hydrogen-bond acceptors (Lipinski definition) is 4. The number of rotatable bonds is 3. The molecule has 6 nitrogen and oxygen atoms in total. The van der Waals surface area contributed by atoms with Gasteiger partial charge in [-0.2, -0.15) is 5.10 Å². The topological polar surface area (TPSA) is 60.2 Å². The first-order chi connectivity index (χ1) is 10.2. The maximum atomic E-state index is 12.6. The molecule has 2 aromatic rings. The molecule has 0 saturated heterocycles. The summed E-state index contributed by atoms with van der Waals surface area (Å²) in [6, 6.07) is 3.48. The zero-order valence-electron chi connectivity index (χ0n) is 12.2. The van der Waals surface area contributed by atoms with Crippen LogP contribution in [-0.2, 0) is 18.3 Å². The fraction of sp³-hybridized carbons (Fsp3) is 0.400. The van der Waals surface area contributed by atoms with E-state index in [9.17, 15) is 4.79 Å². The van der Waals surface area contributed by atoms with Gasteiger partial charge in [-0.3, -0.25) is 14.5 Å². The van der Waals surface area contributed by atoms with Crippen LogP contribution in [0, 0.1) is 0 Å². The largest absolute Gasteiger partial charge is 0.384 e. The molecule has 6 heteroatoms. The van der Waals surface area contributed by atoms with Crippen LogP contribution in [0.3, 0.4) is 0 Å². The van der Waals surface area contributed by atoms with Crippen molar-refractivity contribution in [1.82, 2.24) is 19.7 Å². The highest BCUT2D eigenvalue weighted by Crippen LogP contribution is 2.28. The number of pyridine rings is 1. The van der Waals surface area contributed by atoms with Crippen molar-refractivity contribution in [2.75, 3.05) is 20.3 Å². The van der Waals surface area contributed by atoms with Gasteiger partial charge < -0.3 is 9.64 Å². The van der Waals surface area contributed by atoms with E-state index in [1.807, 2.05) is 22.8 Å². The van der Waals surface area contributed by atoms with Crippen molar-refractivity contribution in [3.05, 3.63) is 47.5 Å². The Morgan fingerprint density at radius 3 is 2.90 bits per heavy atom. The third-order valence-electron chi connectivity index (χ3n) is 3.84. The van der Waals surface area contributed by atoms with Crippen LogP contribution in [0.1, 0.15) is 27.5 Å². The number of carbonyl (C=O) groups is 1. The standard InChI is InChI=1S/C15H18N4O2/c1-18-14-12(7-17-18)8-19(9-13(14)10-21-2)15(20)11-3-5-16-6-4-11/h3-7,13H,8-10H2,1-2H3/t13-/m0/s1. The van der Waals surface area contributed by atoms with Gasteiger partial charge in [0.05, 0.1) is 18.5 Å². The molecule has 0 aromatic carbocycles. The average Bonchev–Trinajstić information content (AvgIpc) is 2.89. The molecule has 0 N–H and O–H groups in total. The van der Waals surface area contributed by atoms with Gasteiger partial charge >= 0.3 is 0 Å². The molecule has 1 atom stereocenters. The SMILES string of the molecule is COC[C@@H]1CN(C(=O)c2ccncc2)Cc2cnn(C)c21. The summed E-state index contributed by atoms with van der Waals surface area (Å²) in [5.41, 5.74) is 2.91. The average molecular weight is 286 g/mol. The second-order valence-corrected chi connectivity index (χ2v) is 5.25. The second kappa shape index (κ2) is 5.65. The highest BCUT2D eigenvalue weighted by atomic mass is 16.5. The predicted octanol–water partition coefficient (Wildman–Crippen LogP) is 1.20. The first-order valence-corrected chi connectivity index (χ1v) is 6.89. The molecule has 1 amide bonds. The molecule has 3 heterocycles. The van der Waals surface area contributed by atoms with Crippen LogP contribution in [0.15, 0.2) is 30.7 Å². The number of amides is 1. The van der Waals surface area contributed by atoms with Gasteiger partial charge in [-0.1, -0.05) is 0 Å². The molecular weight excluding hydrogens is 268 g/mol. The smallest absolute Gasteiger partial charge is 0.254 e. The Morgan fingerprint density at radius 1 is 1.43 bits per heavy atom. The van der Waals surface area contributed by atoms with Crippen molar-refractivity contribution in [2.24, 2.45) is 7.05 Å². The first kappa shape index (κ1) is 13.8. The minimum Gasteiger partial charge on any atom is -0.384 e. The number of aryl methyl sites for hydroxylation is 1. The maximum Gasteiger partial charge on any atom is 0.254 e. The molecule has 0 saturated carbocycles. The normalized spacial score (nSPS) is 17.6. The van der Waals surface area contributed by atoms with E-state index >= 15 is 0 Å². The molecule has 0 aliphatic carbocycles. The summed E-state index contributed by atoms with van der Waals surface area (Å²) >= 11 is 0. The molecule has 3 rings (SSSR count). The van der Waals surface area contributed by atoms with E-state index in [4.69, 9.17) is 4.74 Å². The third kappa shape index (κ3) is 2.54. The summed E-state index contributed by atoms with van der Waals surface area (Å²) in [6.45, 7) is 1.80. The minimum atomic E-state index is 0.0213. The molecule has 110 valence electrons. The fourth-order valence-corrected chi connectivity index (χ4v) is 2.93. The quantitative estimate of drug-likeness (QED) is 0.850. The Morgan fingerprint density at radius 2 is 2.19 bits per heavy atom. The molecule has 1 aliphatic heterocycles. The van der Waals surface area contributed by atoms with Crippen LogP contribution in [0.5, 0.6) is 0 Å². The van der Waals surface area contributed by atoms with Crippen molar-refractivity contribution in [2.45, 2.75) is 12.5 Å². The van der Waals surface area contributed by atoms with Crippen LogP contribution in [0.25, 0.3) is 0 Å². The molecule has 0 fully saturated rings. The summed E-state index contributed by atoms with van der Waals surface area (Å²) in [5.74, 6) is 0.171. The van der Waals surface area contributed by atoms with Crippen LogP contribution in [0.2, 0.25) is 0 Å². The molecule has 0 bridgehead atoms. The number of methoxy groups -OCH3 is 1. The van der Waals surface area contributed by atoms with Crippen molar-refractivity contribution < 1.29 is 9.53 Å². The van der Waals surface area contributed by atoms with Gasteiger partial charge in [-0.05, 0) is 12.1 Å². The Kier molecular flexibility index (Phi) is 3.70. The molecule has 1 aliphatic rings. The summed E-state index contributed by atoms with van der Waals surface area (Å²) in [6.07, 6.45) is 5.11. The Labute approximate surface area is 123 Å². The van der Waals surface area contributed by atoms with E-state index in [2.05, 4.69) is 10.1 Å². The lowest BCUT2D eigenvalue weighted by atomic mass is 9.96. The van der Waals surface area contributed by atoms with E-state index in [-0.39, 0.29) is 11.8 Å². The highest BCUT2D eigenvalue weighted by molar-refractivity contribution is 5.94. The number of aromatic nitrogens is 3. The number of ether oxygens (including phenoxy) is 1. The lowest BCUT2D eigenvalue weighted by Gasteiger charge is -2.33. The molecule has 2 aromatic heterocycles. The van der Waals surface area contributed by atoms with Crippen molar-refractivity contribution in [1.29, 1.82) is 0 Å². The Balaban J connectivity index is 1.88. The van der Waals surface area contributed by atoms with Gasteiger partial charge in [-0.25, -0.2) is 0 Å². The highest BCUT2D eigenvalue weighted by Gasteiger charge is 2.31. The minimum absolute atomic E-state index is 0.0213. The lowest BCUT2D eigenvalue weighted by Crippen LogP contribution is -2.39. The van der Waals surface area contributed by atoms with E-state index in [0.29, 0.717) is 25.3 Å². The second-order valence-electron chi connectivity index (χ2n) is 5.25. The zero-order valence-corrected chi connectivity index (χ0v) is 12.2. The van der Waals surface area contributed by atoms with Crippen LogP contribution in [-0.4, -0.2) is 45.8 Å². The molecular formula is C15H18N4O2. The maximum absolute atomic E-state index is 12.6. The lowest BCUT2D eigenvalue weighted by molar-refractivity contribution is 0.0676. The number of hydrogen-bond donors (Lipinski definition) is 0. The van der Waals surface area contributed by atoms with E-state index in [0.717, 1.165) is 11.3 Å². The summed E-state index contributed by atoms with van der Waals surface area (Å²) < 4.78 is 7.19. The molecule has 0 radical (unpaired) electrons. The van der Waals surface area contributed by atoms with Crippen molar-refractivity contribution >= 4 is 5.91 Å². The first-order valence-electron chi connectivity index (χ1n) is 6.89. The van der Waals surface area contributed by atoms with Gasteiger partial charge in [0.1, 0.15) is 0 Å². The van der Waals surface area contributed by atoms with Gasteiger partial charge in [-0.15, -0.1) is 0 Å². The van der Waals surface area contributed by atoms with E-state index in [1.54, 1.807) is 31.6 Å². The van der Waals surface area contributed by atoms with E-state index < -0.39 is 0 Å².